The molecule has 2 unspecified atom stereocenters. The highest BCUT2D eigenvalue weighted by molar-refractivity contribution is 6.05. The van der Waals surface area contributed by atoms with Crippen molar-refractivity contribution in [1.82, 2.24) is 15.1 Å². The van der Waals surface area contributed by atoms with Gasteiger partial charge >= 0.3 is 0 Å². The van der Waals surface area contributed by atoms with Gasteiger partial charge in [0.1, 0.15) is 0 Å². The zero-order valence-electron chi connectivity index (χ0n) is 16.4. The summed E-state index contributed by atoms with van der Waals surface area (Å²) in [5, 5.41) is 2.57. The molecule has 1 aromatic carbocycles. The van der Waals surface area contributed by atoms with Gasteiger partial charge in [-0.2, -0.15) is 0 Å². The molecule has 28 heavy (non-hydrogen) atoms. The van der Waals surface area contributed by atoms with E-state index in [1.807, 2.05) is 12.1 Å². The van der Waals surface area contributed by atoms with Gasteiger partial charge in [0.25, 0.3) is 5.91 Å². The predicted molar refractivity (Wildman–Crippen MR) is 103 cm³/mol. The summed E-state index contributed by atoms with van der Waals surface area (Å²) in [5.74, 6) is -0.826. The van der Waals surface area contributed by atoms with Gasteiger partial charge in [-0.05, 0) is 30.5 Å². The summed E-state index contributed by atoms with van der Waals surface area (Å²) in [6, 6.07) is 7.06. The minimum atomic E-state index is -0.173. The summed E-state index contributed by atoms with van der Waals surface area (Å²) < 4.78 is 0. The molecule has 2 aliphatic rings. The minimum Gasteiger partial charge on any atom is -0.355 e. The highest BCUT2D eigenvalue weighted by Crippen LogP contribution is 2.37. The molecule has 1 heterocycles. The Bertz CT molecular complexity index is 750. The molecule has 1 N–H and O–H groups in total. The average Bonchev–Trinajstić information content (AvgIpc) is 2.96. The number of benzene rings is 1. The van der Waals surface area contributed by atoms with Gasteiger partial charge in [0, 0.05) is 39.2 Å². The van der Waals surface area contributed by atoms with Gasteiger partial charge in [-0.1, -0.05) is 25.0 Å². The first kappa shape index (κ1) is 20.0. The summed E-state index contributed by atoms with van der Waals surface area (Å²) in [4.78, 5) is 51.9. The lowest BCUT2D eigenvalue weighted by Crippen LogP contribution is -2.36. The van der Waals surface area contributed by atoms with Crippen molar-refractivity contribution in [3.05, 3.63) is 35.4 Å². The van der Waals surface area contributed by atoms with Crippen molar-refractivity contribution >= 4 is 23.6 Å². The van der Waals surface area contributed by atoms with Crippen molar-refractivity contribution in [2.45, 2.75) is 38.6 Å². The average molecular weight is 385 g/mol. The van der Waals surface area contributed by atoms with Gasteiger partial charge in [0.2, 0.25) is 17.7 Å². The Hall–Kier alpha value is -2.70. The lowest BCUT2D eigenvalue weighted by Gasteiger charge is -2.20. The molecule has 1 aromatic rings. The van der Waals surface area contributed by atoms with E-state index in [9.17, 15) is 19.2 Å². The van der Waals surface area contributed by atoms with E-state index in [0.29, 0.717) is 12.1 Å². The van der Waals surface area contributed by atoms with Crippen LogP contribution in [0, 0.1) is 11.8 Å². The molecule has 1 saturated heterocycles. The second-order valence-electron chi connectivity index (χ2n) is 7.60. The van der Waals surface area contributed by atoms with Crippen molar-refractivity contribution in [2.75, 3.05) is 20.6 Å². The maximum absolute atomic E-state index is 12.5. The van der Waals surface area contributed by atoms with Crippen LogP contribution in [-0.4, -0.2) is 54.1 Å². The van der Waals surface area contributed by atoms with E-state index in [4.69, 9.17) is 0 Å². The molecule has 0 aromatic heterocycles. The van der Waals surface area contributed by atoms with Crippen molar-refractivity contribution in [1.29, 1.82) is 0 Å². The summed E-state index contributed by atoms with van der Waals surface area (Å²) in [7, 11) is 3.27. The molecular weight excluding hydrogens is 358 g/mol. The van der Waals surface area contributed by atoms with Crippen LogP contribution in [0.4, 0.5) is 0 Å². The monoisotopic (exact) mass is 385 g/mol. The molecule has 150 valence electrons. The van der Waals surface area contributed by atoms with Crippen LogP contribution in [0.15, 0.2) is 24.3 Å². The van der Waals surface area contributed by atoms with Crippen molar-refractivity contribution in [3.63, 3.8) is 0 Å². The quantitative estimate of drug-likeness (QED) is 0.753. The highest BCUT2D eigenvalue weighted by Gasteiger charge is 2.47. The summed E-state index contributed by atoms with van der Waals surface area (Å²) >= 11 is 0. The Labute approximate surface area is 165 Å². The van der Waals surface area contributed by atoms with E-state index >= 15 is 0 Å². The number of nitrogens with one attached hydrogen (secondary N) is 1. The Balaban J connectivity index is 1.52. The molecule has 0 bridgehead atoms. The number of imide groups is 1. The van der Waals surface area contributed by atoms with E-state index < -0.39 is 0 Å². The van der Waals surface area contributed by atoms with Crippen LogP contribution in [0.2, 0.25) is 0 Å². The van der Waals surface area contributed by atoms with Crippen LogP contribution in [0.3, 0.4) is 0 Å². The molecule has 7 nitrogen and oxygen atoms in total. The van der Waals surface area contributed by atoms with Gasteiger partial charge < -0.3 is 10.2 Å². The molecule has 1 aliphatic carbocycles. The third-order valence-corrected chi connectivity index (χ3v) is 5.77. The lowest BCUT2D eigenvalue weighted by molar-refractivity contribution is -0.140. The first-order valence-electron chi connectivity index (χ1n) is 9.82. The summed E-state index contributed by atoms with van der Waals surface area (Å²) in [5.41, 5.74) is 1.47. The maximum atomic E-state index is 12.5. The maximum Gasteiger partial charge on any atom is 0.251 e. The number of likely N-dealkylation sites (tertiary alicyclic amines) is 1. The van der Waals surface area contributed by atoms with Crippen LogP contribution in [0.5, 0.6) is 0 Å². The molecular formula is C21H27N3O4. The highest BCUT2D eigenvalue weighted by atomic mass is 16.2. The van der Waals surface area contributed by atoms with Gasteiger partial charge in [-0.25, -0.2) is 0 Å². The van der Waals surface area contributed by atoms with Crippen molar-refractivity contribution in [3.8, 4) is 0 Å². The number of carbonyl (C=O) groups is 4. The van der Waals surface area contributed by atoms with Crippen LogP contribution >= 0.6 is 0 Å². The number of hydrogen-bond acceptors (Lipinski definition) is 4. The summed E-state index contributed by atoms with van der Waals surface area (Å²) in [6.07, 6.45) is 3.68. The van der Waals surface area contributed by atoms with Crippen molar-refractivity contribution < 1.29 is 19.2 Å². The van der Waals surface area contributed by atoms with Crippen molar-refractivity contribution in [2.24, 2.45) is 11.8 Å². The summed E-state index contributed by atoms with van der Waals surface area (Å²) in [6.45, 7) is 0.559. The number of hydrogen-bond donors (Lipinski definition) is 1. The number of fused-ring (bicyclic) bond motifs is 1. The Morgan fingerprint density at radius 2 is 1.64 bits per heavy atom. The second-order valence-corrected chi connectivity index (χ2v) is 7.60. The lowest BCUT2D eigenvalue weighted by atomic mass is 9.81. The van der Waals surface area contributed by atoms with Crippen LogP contribution in [0.25, 0.3) is 0 Å². The topological polar surface area (TPSA) is 86.8 Å². The van der Waals surface area contributed by atoms with Gasteiger partial charge in [-0.15, -0.1) is 0 Å². The second kappa shape index (κ2) is 8.54. The Kier molecular flexibility index (Phi) is 6.11. The number of amides is 4. The van der Waals surface area contributed by atoms with E-state index in [2.05, 4.69) is 5.32 Å². The smallest absolute Gasteiger partial charge is 0.251 e. The molecule has 1 saturated carbocycles. The zero-order valence-corrected chi connectivity index (χ0v) is 16.4. The van der Waals surface area contributed by atoms with E-state index in [-0.39, 0.29) is 48.4 Å². The molecule has 0 radical (unpaired) electrons. The van der Waals surface area contributed by atoms with Crippen LogP contribution < -0.4 is 5.32 Å². The number of nitrogens with zero attached hydrogens (tertiary/aromatic N) is 2. The first-order valence-corrected chi connectivity index (χ1v) is 9.82. The molecule has 4 amide bonds. The molecule has 1 aliphatic heterocycles. The van der Waals surface area contributed by atoms with E-state index in [1.165, 1.54) is 4.90 Å². The van der Waals surface area contributed by atoms with Gasteiger partial charge in [-0.3, -0.25) is 24.1 Å². The van der Waals surface area contributed by atoms with E-state index in [0.717, 1.165) is 31.2 Å². The molecule has 3 rings (SSSR count). The Morgan fingerprint density at radius 3 is 2.18 bits per heavy atom. The number of carbonyl (C=O) groups excluding carboxylic acids is 4. The van der Waals surface area contributed by atoms with Gasteiger partial charge in [0.15, 0.2) is 0 Å². The third-order valence-electron chi connectivity index (χ3n) is 5.77. The largest absolute Gasteiger partial charge is 0.355 e. The molecule has 2 atom stereocenters. The molecule has 0 spiro atoms. The zero-order chi connectivity index (χ0) is 20.3. The predicted octanol–water partition coefficient (Wildman–Crippen LogP) is 1.57. The fourth-order valence-corrected chi connectivity index (χ4v) is 4.12. The minimum absolute atomic E-state index is 0.102. The standard InChI is InChI=1S/C21H27N3O4/c1-22-19(26)15-9-7-14(8-10-15)13-23(2)18(25)11-12-24-20(27)16-5-3-4-6-17(16)21(24)28/h7-10,16-17H,3-6,11-13H2,1-2H3,(H,22,26). The number of rotatable bonds is 6. The Morgan fingerprint density at radius 1 is 1.07 bits per heavy atom. The molecule has 2 fully saturated rings. The first-order chi connectivity index (χ1) is 13.4. The van der Waals surface area contributed by atoms with E-state index in [1.54, 1.807) is 31.1 Å². The fraction of sp³-hybridized carbons (Fsp3) is 0.524. The molecule has 7 heteroatoms. The SMILES string of the molecule is CNC(=O)c1ccc(CN(C)C(=O)CCN2C(=O)C3CCCCC3C2=O)cc1. The van der Waals surface area contributed by atoms with Crippen LogP contribution in [0.1, 0.15) is 48.0 Å². The third kappa shape index (κ3) is 4.08. The van der Waals surface area contributed by atoms with Crippen LogP contribution in [-0.2, 0) is 20.9 Å². The normalized spacial score (nSPS) is 21.4. The fourth-order valence-electron chi connectivity index (χ4n) is 4.12. The van der Waals surface area contributed by atoms with Gasteiger partial charge in [0.05, 0.1) is 11.8 Å².